The fourth-order valence-electron chi connectivity index (χ4n) is 3.74. The van der Waals surface area contributed by atoms with Crippen LogP contribution in [0, 0.1) is 5.41 Å². The second-order valence-corrected chi connectivity index (χ2v) is 6.82. The number of ketones is 1. The second kappa shape index (κ2) is 4.56. The van der Waals surface area contributed by atoms with E-state index in [1.807, 2.05) is 30.3 Å². The molecular weight excluding hydrogens is 248 g/mol. The maximum absolute atomic E-state index is 12.6. The number of hydrogen-bond acceptors (Lipinski definition) is 2. The van der Waals surface area contributed by atoms with Crippen molar-refractivity contribution >= 4 is 5.78 Å². The molecule has 20 heavy (non-hydrogen) atoms. The maximum Gasteiger partial charge on any atom is 0.195 e. The van der Waals surface area contributed by atoms with Crippen LogP contribution in [0.1, 0.15) is 50.4 Å². The van der Waals surface area contributed by atoms with Crippen LogP contribution in [-0.4, -0.2) is 17.5 Å². The predicted octanol–water partition coefficient (Wildman–Crippen LogP) is 4.16. The van der Waals surface area contributed by atoms with Gasteiger partial charge in [0.1, 0.15) is 6.10 Å². The molecular formula is C18H22O2. The monoisotopic (exact) mass is 270 g/mol. The Kier molecular flexibility index (Phi) is 3.09. The Bertz CT molecular complexity index is 556. The van der Waals surface area contributed by atoms with E-state index in [2.05, 4.69) is 26.8 Å². The summed E-state index contributed by atoms with van der Waals surface area (Å²) in [5.74, 6) is 0.0736. The SMILES string of the molecule is CC1(C)CCCC2(C)OC(C(=O)c3ccccc3)C=C12. The van der Waals surface area contributed by atoms with Crippen molar-refractivity contribution in [3.05, 3.63) is 47.5 Å². The van der Waals surface area contributed by atoms with Crippen molar-refractivity contribution in [2.45, 2.75) is 51.7 Å². The van der Waals surface area contributed by atoms with Crippen molar-refractivity contribution in [3.8, 4) is 0 Å². The number of rotatable bonds is 2. The smallest absolute Gasteiger partial charge is 0.195 e. The predicted molar refractivity (Wildman–Crippen MR) is 79.8 cm³/mol. The molecule has 0 spiro atoms. The Balaban J connectivity index is 1.92. The van der Waals surface area contributed by atoms with E-state index in [1.54, 1.807) is 0 Å². The third-order valence-corrected chi connectivity index (χ3v) is 4.78. The van der Waals surface area contributed by atoms with E-state index >= 15 is 0 Å². The summed E-state index contributed by atoms with van der Waals surface area (Å²) in [6.07, 6.45) is 5.00. The van der Waals surface area contributed by atoms with Gasteiger partial charge in [0.15, 0.2) is 5.78 Å². The van der Waals surface area contributed by atoms with Crippen molar-refractivity contribution in [2.75, 3.05) is 0 Å². The molecule has 1 heterocycles. The molecule has 1 aromatic rings. The van der Waals surface area contributed by atoms with Crippen LogP contribution in [0.2, 0.25) is 0 Å². The average Bonchev–Trinajstić information content (AvgIpc) is 2.78. The second-order valence-electron chi connectivity index (χ2n) is 6.82. The van der Waals surface area contributed by atoms with Gasteiger partial charge in [0.05, 0.1) is 5.60 Å². The molecule has 106 valence electrons. The first kappa shape index (κ1) is 13.6. The van der Waals surface area contributed by atoms with Gasteiger partial charge in [-0.1, -0.05) is 44.2 Å². The fraction of sp³-hybridized carbons (Fsp3) is 0.500. The van der Waals surface area contributed by atoms with Crippen molar-refractivity contribution < 1.29 is 9.53 Å². The highest BCUT2D eigenvalue weighted by Crippen LogP contribution is 2.51. The van der Waals surface area contributed by atoms with Gasteiger partial charge in [-0.05, 0) is 43.3 Å². The number of carbonyl (C=O) groups excluding carboxylic acids is 1. The molecule has 2 unspecified atom stereocenters. The standard InChI is InChI=1S/C18H22O2/c1-17(2)10-7-11-18(3)15(17)12-14(20-18)16(19)13-8-5-4-6-9-13/h4-6,8-9,12,14H,7,10-11H2,1-3H3. The minimum Gasteiger partial charge on any atom is -0.355 e. The van der Waals surface area contributed by atoms with Crippen LogP contribution in [0.15, 0.2) is 42.0 Å². The van der Waals surface area contributed by atoms with Crippen molar-refractivity contribution in [1.29, 1.82) is 0 Å². The first-order valence-corrected chi connectivity index (χ1v) is 7.42. The Morgan fingerprint density at radius 3 is 2.50 bits per heavy atom. The number of hydrogen-bond donors (Lipinski definition) is 0. The lowest BCUT2D eigenvalue weighted by Gasteiger charge is -2.42. The molecule has 1 saturated carbocycles. The van der Waals surface area contributed by atoms with Gasteiger partial charge in [-0.3, -0.25) is 4.79 Å². The summed E-state index contributed by atoms with van der Waals surface area (Å²) in [5, 5.41) is 0. The molecule has 0 aromatic heterocycles. The van der Waals surface area contributed by atoms with E-state index in [4.69, 9.17) is 4.74 Å². The topological polar surface area (TPSA) is 26.3 Å². The first-order chi connectivity index (χ1) is 9.42. The van der Waals surface area contributed by atoms with Gasteiger partial charge in [-0.2, -0.15) is 0 Å². The summed E-state index contributed by atoms with van der Waals surface area (Å²) in [5.41, 5.74) is 1.93. The number of Topliss-reactive ketones (excluding diaryl/α,β-unsaturated/α-hetero) is 1. The summed E-state index contributed by atoms with van der Waals surface area (Å²) in [6, 6.07) is 9.44. The molecule has 1 aliphatic heterocycles. The Labute approximate surface area is 120 Å². The largest absolute Gasteiger partial charge is 0.355 e. The van der Waals surface area contributed by atoms with Crippen LogP contribution in [0.3, 0.4) is 0 Å². The highest BCUT2D eigenvalue weighted by molar-refractivity contribution is 6.01. The molecule has 2 aliphatic rings. The average molecular weight is 270 g/mol. The van der Waals surface area contributed by atoms with E-state index in [0.717, 1.165) is 18.4 Å². The van der Waals surface area contributed by atoms with Gasteiger partial charge in [-0.15, -0.1) is 0 Å². The summed E-state index contributed by atoms with van der Waals surface area (Å²) in [4.78, 5) is 12.6. The molecule has 0 radical (unpaired) electrons. The van der Waals surface area contributed by atoms with Crippen LogP contribution >= 0.6 is 0 Å². The van der Waals surface area contributed by atoms with Crippen LogP contribution in [0.4, 0.5) is 0 Å². The van der Waals surface area contributed by atoms with Crippen molar-refractivity contribution in [1.82, 2.24) is 0 Å². The molecule has 0 saturated heterocycles. The van der Waals surface area contributed by atoms with Crippen molar-refractivity contribution in [3.63, 3.8) is 0 Å². The lowest BCUT2D eigenvalue weighted by molar-refractivity contribution is -0.0337. The summed E-state index contributed by atoms with van der Waals surface area (Å²) >= 11 is 0. The van der Waals surface area contributed by atoms with E-state index < -0.39 is 6.10 Å². The van der Waals surface area contributed by atoms with Crippen LogP contribution in [0.25, 0.3) is 0 Å². The van der Waals surface area contributed by atoms with Crippen LogP contribution < -0.4 is 0 Å². The van der Waals surface area contributed by atoms with Gasteiger partial charge >= 0.3 is 0 Å². The lowest BCUT2D eigenvalue weighted by Crippen LogP contribution is -2.39. The van der Waals surface area contributed by atoms with E-state index in [9.17, 15) is 4.79 Å². The highest BCUT2D eigenvalue weighted by atomic mass is 16.5. The molecule has 0 bridgehead atoms. The molecule has 1 aliphatic carbocycles. The van der Waals surface area contributed by atoms with Crippen LogP contribution in [-0.2, 0) is 4.74 Å². The van der Waals surface area contributed by atoms with Crippen LogP contribution in [0.5, 0.6) is 0 Å². The van der Waals surface area contributed by atoms with E-state index in [-0.39, 0.29) is 16.8 Å². The Morgan fingerprint density at radius 2 is 1.85 bits per heavy atom. The zero-order valence-electron chi connectivity index (χ0n) is 12.5. The fourth-order valence-corrected chi connectivity index (χ4v) is 3.74. The minimum atomic E-state index is -0.422. The Morgan fingerprint density at radius 1 is 1.15 bits per heavy atom. The van der Waals surface area contributed by atoms with Gasteiger partial charge in [0, 0.05) is 5.56 Å². The molecule has 1 fully saturated rings. The van der Waals surface area contributed by atoms with E-state index in [0.29, 0.717) is 0 Å². The van der Waals surface area contributed by atoms with E-state index in [1.165, 1.54) is 12.0 Å². The maximum atomic E-state index is 12.6. The zero-order valence-corrected chi connectivity index (χ0v) is 12.5. The summed E-state index contributed by atoms with van der Waals surface area (Å²) < 4.78 is 6.16. The quantitative estimate of drug-likeness (QED) is 0.595. The van der Waals surface area contributed by atoms with Gasteiger partial charge < -0.3 is 4.74 Å². The summed E-state index contributed by atoms with van der Waals surface area (Å²) in [7, 11) is 0. The molecule has 2 nitrogen and oxygen atoms in total. The van der Waals surface area contributed by atoms with Gasteiger partial charge in [0.2, 0.25) is 0 Å². The number of fused-ring (bicyclic) bond motifs is 1. The normalized spacial score (nSPS) is 31.6. The number of carbonyl (C=O) groups is 1. The summed E-state index contributed by atoms with van der Waals surface area (Å²) in [6.45, 7) is 6.65. The molecule has 1 aromatic carbocycles. The molecule has 2 atom stereocenters. The number of benzene rings is 1. The first-order valence-electron chi connectivity index (χ1n) is 7.42. The minimum absolute atomic E-state index is 0.0736. The Hall–Kier alpha value is -1.41. The molecule has 2 heteroatoms. The zero-order chi connectivity index (χ0) is 14.4. The van der Waals surface area contributed by atoms with Gasteiger partial charge in [-0.25, -0.2) is 0 Å². The highest BCUT2D eigenvalue weighted by Gasteiger charge is 2.48. The third-order valence-electron chi connectivity index (χ3n) is 4.78. The molecule has 3 rings (SSSR count). The number of ether oxygens (including phenoxy) is 1. The van der Waals surface area contributed by atoms with Gasteiger partial charge in [0.25, 0.3) is 0 Å². The van der Waals surface area contributed by atoms with Crippen molar-refractivity contribution in [2.24, 2.45) is 5.41 Å². The molecule has 0 amide bonds. The third kappa shape index (κ3) is 2.12. The lowest BCUT2D eigenvalue weighted by atomic mass is 9.67. The molecule has 0 N–H and O–H groups in total.